The van der Waals surface area contributed by atoms with Crippen molar-refractivity contribution in [1.82, 2.24) is 20.9 Å². The van der Waals surface area contributed by atoms with Crippen LogP contribution in [0.5, 0.6) is 0 Å². The van der Waals surface area contributed by atoms with Crippen molar-refractivity contribution in [2.45, 2.75) is 38.6 Å². The number of ether oxygens (including phenoxy) is 1. The van der Waals surface area contributed by atoms with Crippen molar-refractivity contribution < 1.29 is 23.8 Å². The molecule has 0 aliphatic rings. The van der Waals surface area contributed by atoms with Crippen molar-refractivity contribution in [3.8, 4) is 0 Å². The molecule has 0 aliphatic heterocycles. The van der Waals surface area contributed by atoms with Gasteiger partial charge in [-0.1, -0.05) is 6.07 Å². The summed E-state index contributed by atoms with van der Waals surface area (Å²) >= 11 is 0. The average Bonchev–Trinajstić information content (AvgIpc) is 2.69. The maximum Gasteiger partial charge on any atom is 0.0320 e. The summed E-state index contributed by atoms with van der Waals surface area (Å²) in [7, 11) is 0.784. The van der Waals surface area contributed by atoms with E-state index in [-0.39, 0.29) is 25.5 Å². The van der Waals surface area contributed by atoms with E-state index < -0.39 is 17.9 Å². The Kier molecular flexibility index (Phi) is 12.1. The molecule has 0 radical (unpaired) electrons. The first kappa shape index (κ1) is 23.4. The molecular formula is C18H27BN4O5. The first-order valence-electron chi connectivity index (χ1n) is 9.32. The van der Waals surface area contributed by atoms with Gasteiger partial charge in [0.05, 0.1) is 13.0 Å². The van der Waals surface area contributed by atoms with Gasteiger partial charge in [0, 0.05) is 12.4 Å². The quantitative estimate of drug-likeness (QED) is 0.233. The summed E-state index contributed by atoms with van der Waals surface area (Å²) in [6, 6.07) is 2.89. The predicted molar refractivity (Wildman–Crippen MR) is 103 cm³/mol. The van der Waals surface area contributed by atoms with Crippen LogP contribution in [0.1, 0.15) is 44.2 Å². The van der Waals surface area contributed by atoms with Crippen LogP contribution in [0.2, 0.25) is 0 Å². The molecule has 1 aromatic rings. The zero-order valence-corrected chi connectivity index (χ0v) is 16.1. The molecule has 0 aliphatic carbocycles. The summed E-state index contributed by atoms with van der Waals surface area (Å²) in [5, 5.41) is 8.21. The van der Waals surface area contributed by atoms with E-state index in [1.54, 1.807) is 31.5 Å². The molecule has 0 saturated carbocycles. The van der Waals surface area contributed by atoms with E-state index in [9.17, 15) is 19.1 Å². The number of hydrogen-bond acceptors (Lipinski definition) is 7. The molecule has 0 spiro atoms. The standard InChI is InChI=1S/C18H27BN4O5/c1-2-28-18(26)10-15(14-6-5-9-20-11-14)23-17(25)12-22-16(24)7-3-4-8-21-13-19-27/h5-6,9,11,15,21H,2-4,7-8,10,12-13H2,1H3,(H,22,24)(H,23,25)/t15-/m0/s1. The van der Waals surface area contributed by atoms with Crippen molar-refractivity contribution in [3.63, 3.8) is 0 Å². The Morgan fingerprint density at radius 2 is 2.07 bits per heavy atom. The fourth-order valence-corrected chi connectivity index (χ4v) is 2.43. The van der Waals surface area contributed by atoms with Gasteiger partial charge in [-0.05, 0) is 18.6 Å². The molecule has 1 atom stereocenters. The van der Waals surface area contributed by atoms with Crippen LogP contribution in [0, 0.1) is 0 Å². The fraction of sp³-hybridized carbons (Fsp3) is 0.556. The SMILES string of the molecule is CCOC(=O)C[C@H](NC(=O)CNC(=O)CCCCNCB=O)c1cccnc1. The second kappa shape index (κ2) is 14.4. The minimum atomic E-state index is -0.582. The largest absolute Gasteiger partial charge is 0.264 e. The van der Waals surface area contributed by atoms with Gasteiger partial charge in [0.2, 0.25) is 0 Å². The van der Waals surface area contributed by atoms with Gasteiger partial charge in [-0.15, -0.1) is 0 Å². The van der Waals surface area contributed by atoms with Gasteiger partial charge in [0.15, 0.2) is 0 Å². The monoisotopic (exact) mass is 390 g/mol. The number of rotatable bonds is 14. The number of nitrogens with zero attached hydrogens (tertiary/aromatic N) is 1. The maximum absolute atomic E-state index is 12.2. The number of carbonyl (C=O) groups is 3. The number of carbonyl (C=O) groups excluding carboxylic acids is 3. The molecule has 3 N–H and O–H groups in total. The van der Waals surface area contributed by atoms with Crippen molar-refractivity contribution in [2.75, 3.05) is 26.1 Å². The Balaban J connectivity index is 2.40. The van der Waals surface area contributed by atoms with Crippen LogP contribution < -0.4 is 16.0 Å². The summed E-state index contributed by atoms with van der Waals surface area (Å²) in [5.74, 6) is -1.06. The third-order valence-corrected chi connectivity index (χ3v) is 3.78. The van der Waals surface area contributed by atoms with Crippen LogP contribution in [0.15, 0.2) is 24.5 Å². The molecule has 10 heteroatoms. The number of esters is 1. The van der Waals surface area contributed by atoms with E-state index in [1.807, 2.05) is 0 Å². The van der Waals surface area contributed by atoms with Crippen LogP contribution in [0.25, 0.3) is 0 Å². The molecule has 152 valence electrons. The molecule has 1 rings (SSSR count). The summed E-state index contributed by atoms with van der Waals surface area (Å²) in [6.07, 6.45) is 5.16. The van der Waals surface area contributed by atoms with Gasteiger partial charge >= 0.3 is 100 Å². The molecule has 0 aromatic carbocycles. The predicted octanol–water partition coefficient (Wildman–Crippen LogP) is 0.0754. The zero-order chi connectivity index (χ0) is 20.6. The number of amides is 2. The van der Waals surface area contributed by atoms with Crippen molar-refractivity contribution in [1.29, 1.82) is 0 Å². The molecule has 0 saturated heterocycles. The molecule has 1 aromatic heterocycles. The zero-order valence-electron chi connectivity index (χ0n) is 16.1. The fourth-order valence-electron chi connectivity index (χ4n) is 2.43. The minimum absolute atomic E-state index is 0.0208. The normalized spacial score (nSPS) is 11.2. The maximum atomic E-state index is 12.2. The number of hydrogen-bond donors (Lipinski definition) is 3. The Bertz CT molecular complexity index is 630. The molecule has 0 fully saturated rings. The smallest absolute Gasteiger partial charge is 0.0320 e. The van der Waals surface area contributed by atoms with Gasteiger partial charge in [0.1, 0.15) is 0 Å². The molecule has 28 heavy (non-hydrogen) atoms. The molecule has 9 nitrogen and oxygen atoms in total. The van der Waals surface area contributed by atoms with Crippen molar-refractivity contribution in [3.05, 3.63) is 30.1 Å². The van der Waals surface area contributed by atoms with Crippen LogP contribution in [0.4, 0.5) is 0 Å². The first-order chi connectivity index (χ1) is 13.6. The van der Waals surface area contributed by atoms with E-state index >= 15 is 0 Å². The topological polar surface area (TPSA) is 126 Å². The van der Waals surface area contributed by atoms with Crippen molar-refractivity contribution in [2.24, 2.45) is 0 Å². The van der Waals surface area contributed by atoms with E-state index in [1.165, 1.54) is 0 Å². The van der Waals surface area contributed by atoms with E-state index in [0.29, 0.717) is 31.4 Å². The second-order valence-corrected chi connectivity index (χ2v) is 6.02. The molecule has 0 unspecified atom stereocenters. The van der Waals surface area contributed by atoms with Crippen LogP contribution in [-0.4, -0.2) is 56.1 Å². The van der Waals surface area contributed by atoms with Gasteiger partial charge in [-0.25, -0.2) is 0 Å². The Morgan fingerprint density at radius 1 is 1.25 bits per heavy atom. The first-order valence-corrected chi connectivity index (χ1v) is 9.32. The second-order valence-electron chi connectivity index (χ2n) is 6.02. The third kappa shape index (κ3) is 10.5. The number of pyridine rings is 1. The Labute approximate surface area is 165 Å². The summed E-state index contributed by atoms with van der Waals surface area (Å²) in [6.45, 7) is 2.45. The van der Waals surface area contributed by atoms with Crippen LogP contribution >= 0.6 is 0 Å². The van der Waals surface area contributed by atoms with E-state index in [0.717, 1.165) is 13.6 Å². The number of aromatic nitrogens is 1. The molecule has 0 bridgehead atoms. The van der Waals surface area contributed by atoms with Gasteiger partial charge in [0.25, 0.3) is 0 Å². The molecular weight excluding hydrogens is 363 g/mol. The Morgan fingerprint density at radius 3 is 2.75 bits per heavy atom. The summed E-state index contributed by atoms with van der Waals surface area (Å²) < 4.78 is 15.1. The average molecular weight is 390 g/mol. The van der Waals surface area contributed by atoms with Gasteiger partial charge in [-0.2, -0.15) is 0 Å². The van der Waals surface area contributed by atoms with Gasteiger partial charge < -0.3 is 4.74 Å². The molecule has 2 amide bonds. The van der Waals surface area contributed by atoms with Crippen LogP contribution in [-0.2, 0) is 23.8 Å². The minimum Gasteiger partial charge on any atom is -0.264 e. The number of unbranched alkanes of at least 4 members (excludes halogenated alkanes) is 1. The summed E-state index contributed by atoms with van der Waals surface area (Å²) in [4.78, 5) is 39.8. The van der Waals surface area contributed by atoms with Crippen molar-refractivity contribution >= 4 is 24.9 Å². The van der Waals surface area contributed by atoms with Crippen LogP contribution in [0.3, 0.4) is 0 Å². The van der Waals surface area contributed by atoms with E-state index in [4.69, 9.17) is 4.74 Å². The molecule has 1 heterocycles. The summed E-state index contributed by atoms with van der Waals surface area (Å²) in [5.41, 5.74) is 0.679. The van der Waals surface area contributed by atoms with E-state index in [2.05, 4.69) is 20.9 Å². The Hall–Kier alpha value is -2.62. The van der Waals surface area contributed by atoms with Gasteiger partial charge in [-0.3, -0.25) is 9.78 Å². The number of nitrogens with one attached hydrogen (secondary N) is 3. The third-order valence-electron chi connectivity index (χ3n) is 3.78.